The predicted octanol–water partition coefficient (Wildman–Crippen LogP) is 1.35. The Bertz CT molecular complexity index is 397. The second kappa shape index (κ2) is 5.82. The molecule has 0 fully saturated rings. The molecule has 1 atom stereocenters. The van der Waals surface area contributed by atoms with E-state index in [1.54, 1.807) is 4.68 Å². The van der Waals surface area contributed by atoms with E-state index in [1.807, 2.05) is 27.8 Å². The maximum absolute atomic E-state index is 11.8. The van der Waals surface area contributed by atoms with Crippen LogP contribution in [0.4, 0.5) is 5.69 Å². The smallest absolute Gasteiger partial charge is 0.224 e. The van der Waals surface area contributed by atoms with Gasteiger partial charge in [0.1, 0.15) is 0 Å². The van der Waals surface area contributed by atoms with Crippen LogP contribution in [0, 0.1) is 19.8 Å². The summed E-state index contributed by atoms with van der Waals surface area (Å²) in [5.41, 5.74) is 8.18. The molecule has 96 valence electrons. The van der Waals surface area contributed by atoms with E-state index in [4.69, 9.17) is 5.73 Å². The van der Waals surface area contributed by atoms with Crippen LogP contribution in [0.25, 0.3) is 0 Å². The normalized spacial score (nSPS) is 12.5. The Balaban J connectivity index is 2.56. The first-order valence-electron chi connectivity index (χ1n) is 5.95. The van der Waals surface area contributed by atoms with Gasteiger partial charge in [-0.25, -0.2) is 0 Å². The highest BCUT2D eigenvalue weighted by molar-refractivity contribution is 5.91. The monoisotopic (exact) mass is 238 g/mol. The summed E-state index contributed by atoms with van der Waals surface area (Å²) < 4.78 is 1.77. The van der Waals surface area contributed by atoms with Gasteiger partial charge in [-0.2, -0.15) is 5.10 Å². The van der Waals surface area contributed by atoms with E-state index in [1.165, 1.54) is 0 Å². The van der Waals surface area contributed by atoms with Gasteiger partial charge in [-0.3, -0.25) is 9.48 Å². The number of rotatable bonds is 5. The fourth-order valence-corrected chi connectivity index (χ4v) is 1.65. The Morgan fingerprint density at radius 1 is 1.53 bits per heavy atom. The van der Waals surface area contributed by atoms with Gasteiger partial charge in [0.05, 0.1) is 17.1 Å². The number of amides is 1. The van der Waals surface area contributed by atoms with Gasteiger partial charge in [0.2, 0.25) is 5.91 Å². The molecule has 1 aromatic heterocycles. The number of nitrogens with one attached hydrogen (secondary N) is 1. The van der Waals surface area contributed by atoms with Crippen LogP contribution in [0.15, 0.2) is 0 Å². The van der Waals surface area contributed by atoms with Crippen LogP contribution in [0.1, 0.15) is 31.2 Å². The Morgan fingerprint density at radius 3 is 2.65 bits per heavy atom. The summed E-state index contributed by atoms with van der Waals surface area (Å²) in [5, 5.41) is 7.17. The van der Waals surface area contributed by atoms with Gasteiger partial charge in [-0.1, -0.05) is 6.92 Å². The maximum atomic E-state index is 11.8. The number of nitrogens with two attached hydrogens (primary N) is 1. The minimum absolute atomic E-state index is 0.0319. The number of hydrogen-bond acceptors (Lipinski definition) is 3. The summed E-state index contributed by atoms with van der Waals surface area (Å²) in [5.74, 6) is 0.418. The molecule has 0 radical (unpaired) electrons. The molecule has 5 nitrogen and oxygen atoms in total. The van der Waals surface area contributed by atoms with Crippen LogP contribution in [-0.2, 0) is 11.8 Å². The molecule has 0 spiro atoms. The molecule has 5 heteroatoms. The third-order valence-electron chi connectivity index (χ3n) is 3.04. The third kappa shape index (κ3) is 3.56. The van der Waals surface area contributed by atoms with E-state index < -0.39 is 0 Å². The Morgan fingerprint density at radius 2 is 2.18 bits per heavy atom. The van der Waals surface area contributed by atoms with Gasteiger partial charge < -0.3 is 11.1 Å². The molecule has 0 aliphatic rings. The summed E-state index contributed by atoms with van der Waals surface area (Å²) in [6, 6.07) is 0. The van der Waals surface area contributed by atoms with Crippen molar-refractivity contribution in [3.8, 4) is 0 Å². The number of nitrogens with zero attached hydrogens (tertiary/aromatic N) is 2. The number of carbonyl (C=O) groups is 1. The van der Waals surface area contributed by atoms with Gasteiger partial charge in [0.25, 0.3) is 0 Å². The van der Waals surface area contributed by atoms with Gasteiger partial charge >= 0.3 is 0 Å². The lowest BCUT2D eigenvalue weighted by Crippen LogP contribution is -2.17. The van der Waals surface area contributed by atoms with Crippen molar-refractivity contribution in [3.63, 3.8) is 0 Å². The van der Waals surface area contributed by atoms with Crippen molar-refractivity contribution in [3.05, 3.63) is 11.4 Å². The fraction of sp³-hybridized carbons (Fsp3) is 0.667. The molecule has 0 aliphatic heterocycles. The van der Waals surface area contributed by atoms with E-state index in [0.29, 0.717) is 18.9 Å². The summed E-state index contributed by atoms with van der Waals surface area (Å²) in [6.07, 6.45) is 1.33. The Labute approximate surface area is 102 Å². The third-order valence-corrected chi connectivity index (χ3v) is 3.04. The first-order valence-corrected chi connectivity index (χ1v) is 5.95. The molecule has 1 amide bonds. The number of anilines is 1. The van der Waals surface area contributed by atoms with Gasteiger partial charge in [-0.15, -0.1) is 0 Å². The summed E-state index contributed by atoms with van der Waals surface area (Å²) in [7, 11) is 1.87. The summed E-state index contributed by atoms with van der Waals surface area (Å²) in [6.45, 7) is 6.51. The quantitative estimate of drug-likeness (QED) is 0.813. The first kappa shape index (κ1) is 13.7. The zero-order valence-corrected chi connectivity index (χ0v) is 11.1. The highest BCUT2D eigenvalue weighted by atomic mass is 16.1. The topological polar surface area (TPSA) is 72.9 Å². The Hall–Kier alpha value is -1.36. The number of aromatic nitrogens is 2. The van der Waals surface area contributed by atoms with Gasteiger partial charge in [0, 0.05) is 13.5 Å². The molecule has 1 rings (SSSR count). The van der Waals surface area contributed by atoms with Crippen molar-refractivity contribution in [1.82, 2.24) is 9.78 Å². The largest absolute Gasteiger partial charge is 0.330 e. The predicted molar refractivity (Wildman–Crippen MR) is 68.8 cm³/mol. The fourth-order valence-electron chi connectivity index (χ4n) is 1.65. The molecule has 3 N–H and O–H groups in total. The SMILES string of the molecule is Cc1nn(C)c(C)c1NC(=O)CCC(C)CN. The minimum atomic E-state index is 0.0319. The number of hydrogen-bond donors (Lipinski definition) is 2. The summed E-state index contributed by atoms with van der Waals surface area (Å²) >= 11 is 0. The van der Waals surface area contributed by atoms with Gasteiger partial charge in [0.15, 0.2) is 0 Å². The molecule has 0 aromatic carbocycles. The minimum Gasteiger partial charge on any atom is -0.330 e. The standard InChI is InChI=1S/C12H22N4O/c1-8(7-13)5-6-11(17)14-12-9(2)15-16(4)10(12)3/h8H,5-7,13H2,1-4H3,(H,14,17). The maximum Gasteiger partial charge on any atom is 0.224 e. The van der Waals surface area contributed by atoms with E-state index >= 15 is 0 Å². The van der Waals surface area contributed by atoms with Gasteiger partial charge in [-0.05, 0) is 32.7 Å². The van der Waals surface area contributed by atoms with E-state index in [2.05, 4.69) is 10.4 Å². The molecule has 0 bridgehead atoms. The van der Waals surface area contributed by atoms with Crippen LogP contribution in [0.2, 0.25) is 0 Å². The van der Waals surface area contributed by atoms with Crippen LogP contribution >= 0.6 is 0 Å². The van der Waals surface area contributed by atoms with E-state index in [0.717, 1.165) is 23.5 Å². The van der Waals surface area contributed by atoms with Crippen LogP contribution in [-0.4, -0.2) is 22.2 Å². The Kier molecular flexibility index (Phi) is 4.69. The molecule has 1 heterocycles. The van der Waals surface area contributed by atoms with Crippen LogP contribution in [0.3, 0.4) is 0 Å². The van der Waals surface area contributed by atoms with E-state index in [9.17, 15) is 4.79 Å². The summed E-state index contributed by atoms with van der Waals surface area (Å²) in [4.78, 5) is 11.8. The second-order valence-corrected chi connectivity index (χ2v) is 4.60. The van der Waals surface area contributed by atoms with Crippen molar-refractivity contribution in [2.24, 2.45) is 18.7 Å². The molecular weight excluding hydrogens is 216 g/mol. The molecule has 1 aromatic rings. The number of aryl methyl sites for hydroxylation is 2. The lowest BCUT2D eigenvalue weighted by atomic mass is 10.1. The molecular formula is C12H22N4O. The first-order chi connectivity index (χ1) is 7.95. The highest BCUT2D eigenvalue weighted by Gasteiger charge is 2.12. The van der Waals surface area contributed by atoms with Crippen molar-refractivity contribution in [2.45, 2.75) is 33.6 Å². The van der Waals surface area contributed by atoms with Crippen molar-refractivity contribution in [1.29, 1.82) is 0 Å². The van der Waals surface area contributed by atoms with Crippen molar-refractivity contribution >= 4 is 11.6 Å². The van der Waals surface area contributed by atoms with Crippen molar-refractivity contribution in [2.75, 3.05) is 11.9 Å². The lowest BCUT2D eigenvalue weighted by molar-refractivity contribution is -0.116. The van der Waals surface area contributed by atoms with E-state index in [-0.39, 0.29) is 5.91 Å². The van der Waals surface area contributed by atoms with Crippen LogP contribution < -0.4 is 11.1 Å². The average molecular weight is 238 g/mol. The zero-order valence-electron chi connectivity index (χ0n) is 11.1. The molecule has 0 saturated carbocycles. The lowest BCUT2D eigenvalue weighted by Gasteiger charge is -2.09. The zero-order chi connectivity index (χ0) is 13.0. The van der Waals surface area contributed by atoms with Crippen LogP contribution in [0.5, 0.6) is 0 Å². The highest BCUT2D eigenvalue weighted by Crippen LogP contribution is 2.18. The molecule has 17 heavy (non-hydrogen) atoms. The van der Waals surface area contributed by atoms with Crippen molar-refractivity contribution < 1.29 is 4.79 Å². The second-order valence-electron chi connectivity index (χ2n) is 4.60. The molecule has 1 unspecified atom stereocenters. The average Bonchev–Trinajstić information content (AvgIpc) is 2.53. The molecule has 0 saturated heterocycles. The number of carbonyl (C=O) groups excluding carboxylic acids is 1. The molecule has 0 aliphatic carbocycles.